The highest BCUT2D eigenvalue weighted by Gasteiger charge is 2.15. The molecule has 0 bridgehead atoms. The zero-order valence-electron chi connectivity index (χ0n) is 15.2. The van der Waals surface area contributed by atoms with Gasteiger partial charge in [-0.1, -0.05) is 11.8 Å². The number of halogens is 1. The summed E-state index contributed by atoms with van der Waals surface area (Å²) in [5, 5.41) is 2.47. The summed E-state index contributed by atoms with van der Waals surface area (Å²) in [7, 11) is 1.47. The topological polar surface area (TPSA) is 120 Å². The second-order valence-electron chi connectivity index (χ2n) is 5.92. The highest BCUT2D eigenvalue weighted by molar-refractivity contribution is 5.95. The number of nitrogens with two attached hydrogens (primary N) is 2. The van der Waals surface area contributed by atoms with E-state index >= 15 is 0 Å². The summed E-state index contributed by atoms with van der Waals surface area (Å²) in [5.41, 5.74) is 13.9. The first-order valence-electron chi connectivity index (χ1n) is 8.28. The molecule has 1 aromatic carbocycles. The Balaban J connectivity index is 2.16. The number of nitrogens with one attached hydrogen (secondary N) is 1. The quantitative estimate of drug-likeness (QED) is 0.588. The van der Waals surface area contributed by atoms with Crippen LogP contribution >= 0.6 is 0 Å². The second-order valence-corrected chi connectivity index (χ2v) is 5.92. The van der Waals surface area contributed by atoms with Gasteiger partial charge in [-0.2, -0.15) is 0 Å². The van der Waals surface area contributed by atoms with Crippen LogP contribution in [0.5, 0.6) is 0 Å². The third-order valence-corrected chi connectivity index (χ3v) is 3.89. The molecule has 3 rings (SSSR count). The lowest BCUT2D eigenvalue weighted by Crippen LogP contribution is -2.18. The minimum absolute atomic E-state index is 0.0259. The van der Waals surface area contributed by atoms with E-state index in [0.29, 0.717) is 33.9 Å². The normalized spacial score (nSPS) is 10.1. The van der Waals surface area contributed by atoms with Gasteiger partial charge in [-0.3, -0.25) is 4.79 Å². The van der Waals surface area contributed by atoms with Gasteiger partial charge in [0.1, 0.15) is 11.6 Å². The molecule has 3 aromatic rings. The van der Waals surface area contributed by atoms with Crippen LogP contribution in [0.25, 0.3) is 11.3 Å². The van der Waals surface area contributed by atoms with Crippen LogP contribution in [0.3, 0.4) is 0 Å². The first kappa shape index (κ1) is 18.8. The predicted molar refractivity (Wildman–Crippen MR) is 105 cm³/mol. The number of hydrogen-bond acceptors (Lipinski definition) is 6. The Morgan fingerprint density at radius 1 is 1.14 bits per heavy atom. The summed E-state index contributed by atoms with van der Waals surface area (Å²) in [4.78, 5) is 24.3. The number of nitrogen functional groups attached to an aromatic ring is 2. The van der Waals surface area contributed by atoms with Gasteiger partial charge in [-0.05, 0) is 37.3 Å². The maximum absolute atomic E-state index is 14.1. The Hall–Kier alpha value is -3.99. The van der Waals surface area contributed by atoms with Crippen LogP contribution in [0, 0.1) is 24.6 Å². The molecule has 2 heterocycles. The van der Waals surface area contributed by atoms with Crippen LogP contribution < -0.4 is 16.8 Å². The Bertz CT molecular complexity index is 1120. The van der Waals surface area contributed by atoms with Crippen LogP contribution in [0.2, 0.25) is 0 Å². The van der Waals surface area contributed by atoms with Gasteiger partial charge in [-0.15, -0.1) is 0 Å². The van der Waals surface area contributed by atoms with Gasteiger partial charge in [0.05, 0.1) is 17.0 Å². The van der Waals surface area contributed by atoms with E-state index in [2.05, 4.69) is 32.1 Å². The molecular formula is C20H17FN6O. The molecule has 0 aliphatic rings. The summed E-state index contributed by atoms with van der Waals surface area (Å²) < 4.78 is 14.1. The lowest BCUT2D eigenvalue weighted by atomic mass is 10.0. The summed E-state index contributed by atoms with van der Waals surface area (Å²) in [6.45, 7) is 1.73. The van der Waals surface area contributed by atoms with Crippen molar-refractivity contribution in [2.24, 2.45) is 0 Å². The Morgan fingerprint density at radius 2 is 1.93 bits per heavy atom. The number of hydrogen-bond donors (Lipinski definition) is 3. The minimum Gasteiger partial charge on any atom is -0.384 e. The number of anilines is 2. The number of amides is 1. The summed E-state index contributed by atoms with van der Waals surface area (Å²) in [6, 6.07) is 7.31. The number of carbonyl (C=O) groups excluding carboxylic acids is 1. The third-order valence-electron chi connectivity index (χ3n) is 3.89. The van der Waals surface area contributed by atoms with E-state index < -0.39 is 11.7 Å². The van der Waals surface area contributed by atoms with Gasteiger partial charge in [0.15, 0.2) is 0 Å². The molecule has 0 unspecified atom stereocenters. The molecule has 1 amide bonds. The van der Waals surface area contributed by atoms with Crippen molar-refractivity contribution < 1.29 is 9.18 Å². The number of benzene rings is 1. The van der Waals surface area contributed by atoms with E-state index in [4.69, 9.17) is 11.5 Å². The van der Waals surface area contributed by atoms with Crippen molar-refractivity contribution in [1.29, 1.82) is 0 Å². The molecule has 28 heavy (non-hydrogen) atoms. The molecule has 0 saturated heterocycles. The van der Waals surface area contributed by atoms with Gasteiger partial charge in [0, 0.05) is 29.9 Å². The van der Waals surface area contributed by atoms with E-state index in [1.54, 1.807) is 25.3 Å². The average molecular weight is 376 g/mol. The van der Waals surface area contributed by atoms with Crippen LogP contribution in [-0.4, -0.2) is 27.9 Å². The van der Waals surface area contributed by atoms with Crippen LogP contribution in [0.15, 0.2) is 36.5 Å². The molecule has 7 nitrogen and oxygen atoms in total. The van der Waals surface area contributed by atoms with E-state index in [1.807, 2.05) is 0 Å². The smallest absolute Gasteiger partial charge is 0.251 e. The number of aromatic nitrogens is 3. The number of aryl methyl sites for hydroxylation is 1. The molecule has 0 atom stereocenters. The molecule has 0 radical (unpaired) electrons. The zero-order chi connectivity index (χ0) is 20.3. The number of carbonyl (C=O) groups is 1. The van der Waals surface area contributed by atoms with E-state index in [9.17, 15) is 9.18 Å². The molecule has 2 aromatic heterocycles. The monoisotopic (exact) mass is 376 g/mol. The number of pyridine rings is 1. The van der Waals surface area contributed by atoms with Gasteiger partial charge >= 0.3 is 0 Å². The summed E-state index contributed by atoms with van der Waals surface area (Å²) in [5.74, 6) is 5.37. The van der Waals surface area contributed by atoms with Crippen molar-refractivity contribution in [3.63, 3.8) is 0 Å². The van der Waals surface area contributed by atoms with Crippen molar-refractivity contribution in [2.45, 2.75) is 6.92 Å². The van der Waals surface area contributed by atoms with Crippen LogP contribution in [-0.2, 0) is 0 Å². The standard InChI is InChI=1S/C20H17FN6O/c1-11-16(5-3-12-4-6-17(22)25-10-12)18(27-20(23)26-11)13-7-14(19(28)24-2)9-15(21)8-13/h4,6-10H,1-2H3,(H2,22,25)(H,24,28)(H2,23,26,27). The largest absolute Gasteiger partial charge is 0.384 e. The Kier molecular flexibility index (Phi) is 5.18. The first-order chi connectivity index (χ1) is 13.4. The molecule has 0 spiro atoms. The maximum atomic E-state index is 14.1. The van der Waals surface area contributed by atoms with Crippen LogP contribution in [0.4, 0.5) is 16.2 Å². The summed E-state index contributed by atoms with van der Waals surface area (Å²) >= 11 is 0. The third kappa shape index (κ3) is 4.04. The molecule has 0 fully saturated rings. The highest BCUT2D eigenvalue weighted by atomic mass is 19.1. The molecule has 0 aliphatic heterocycles. The molecule has 0 saturated carbocycles. The number of nitrogens with zero attached hydrogens (tertiary/aromatic N) is 3. The fraction of sp³-hybridized carbons (Fsp3) is 0.100. The van der Waals surface area contributed by atoms with Crippen molar-refractivity contribution in [1.82, 2.24) is 20.3 Å². The molecular weight excluding hydrogens is 359 g/mol. The predicted octanol–water partition coefficient (Wildman–Crippen LogP) is 1.91. The Morgan fingerprint density at radius 3 is 2.61 bits per heavy atom. The van der Waals surface area contributed by atoms with Gasteiger partial charge in [0.25, 0.3) is 5.91 Å². The van der Waals surface area contributed by atoms with E-state index in [-0.39, 0.29) is 11.5 Å². The van der Waals surface area contributed by atoms with Crippen molar-refractivity contribution in [3.8, 4) is 23.1 Å². The number of rotatable bonds is 2. The van der Waals surface area contributed by atoms with E-state index in [0.717, 1.165) is 6.07 Å². The molecule has 0 aliphatic carbocycles. The van der Waals surface area contributed by atoms with Gasteiger partial charge in [-0.25, -0.2) is 19.3 Å². The molecule has 8 heteroatoms. The van der Waals surface area contributed by atoms with Crippen LogP contribution in [0.1, 0.15) is 27.2 Å². The fourth-order valence-corrected chi connectivity index (χ4v) is 2.57. The zero-order valence-corrected chi connectivity index (χ0v) is 15.2. The minimum atomic E-state index is -0.576. The summed E-state index contributed by atoms with van der Waals surface area (Å²) in [6.07, 6.45) is 1.54. The maximum Gasteiger partial charge on any atom is 0.251 e. The SMILES string of the molecule is CNC(=O)c1cc(F)cc(-c2nc(N)nc(C)c2C#Cc2ccc(N)nc2)c1. The molecule has 140 valence electrons. The van der Waals surface area contributed by atoms with Gasteiger partial charge < -0.3 is 16.8 Å². The lowest BCUT2D eigenvalue weighted by molar-refractivity contribution is 0.0962. The van der Waals surface area contributed by atoms with Crippen molar-refractivity contribution >= 4 is 17.7 Å². The van der Waals surface area contributed by atoms with Crippen molar-refractivity contribution in [3.05, 3.63) is 64.7 Å². The highest BCUT2D eigenvalue weighted by Crippen LogP contribution is 2.26. The van der Waals surface area contributed by atoms with E-state index in [1.165, 1.54) is 19.2 Å². The Labute approximate surface area is 161 Å². The van der Waals surface area contributed by atoms with Gasteiger partial charge in [0.2, 0.25) is 5.95 Å². The van der Waals surface area contributed by atoms with Crippen molar-refractivity contribution in [2.75, 3.05) is 18.5 Å². The fourth-order valence-electron chi connectivity index (χ4n) is 2.57. The molecule has 5 N–H and O–H groups in total. The lowest BCUT2D eigenvalue weighted by Gasteiger charge is -2.10. The second kappa shape index (κ2) is 7.72. The first-order valence-corrected chi connectivity index (χ1v) is 8.28. The average Bonchev–Trinajstić information content (AvgIpc) is 2.67.